The highest BCUT2D eigenvalue weighted by atomic mass is 79.9. The fraction of sp³-hybridized carbons (Fsp3) is 0.842. The number of hydrogen-bond acceptors (Lipinski definition) is 2. The summed E-state index contributed by atoms with van der Waals surface area (Å²) in [6.45, 7) is 6.18. The first-order valence-corrected chi connectivity index (χ1v) is 14.9. The fourth-order valence-corrected chi connectivity index (χ4v) is 4.53. The topological polar surface area (TPSA) is 26.3 Å². The normalized spacial score (nSPS) is 12.0. The molecule has 0 saturated heterocycles. The third-order valence-electron chi connectivity index (χ3n) is 3.96. The number of carbonyl (C=O) groups excluding carboxylic acids is 1. The van der Waals surface area contributed by atoms with E-state index in [1.807, 2.05) is 6.92 Å². The van der Waals surface area contributed by atoms with Crippen molar-refractivity contribution < 1.29 is 9.53 Å². The molecule has 0 heterocycles. The van der Waals surface area contributed by atoms with Crippen molar-refractivity contribution in [2.24, 2.45) is 0 Å². The van der Waals surface area contributed by atoms with Gasteiger partial charge in [-0.1, -0.05) is 83.4 Å². The summed E-state index contributed by atoms with van der Waals surface area (Å²) in [6.07, 6.45) is 17.7. The minimum absolute atomic E-state index is 0.213. The Morgan fingerprint density at radius 1 is 0.870 bits per heavy atom. The minimum Gasteiger partial charge on any atom is -0.463 e. The Morgan fingerprint density at radius 3 is 1.74 bits per heavy atom. The van der Waals surface area contributed by atoms with Crippen LogP contribution < -0.4 is 0 Å². The number of carbonyl (C=O) groups is 1. The molecule has 0 unspecified atom stereocenters. The molecule has 0 radical (unpaired) electrons. The smallest absolute Gasteiger partial charge is 0.330 e. The van der Waals surface area contributed by atoms with Gasteiger partial charge in [0, 0.05) is 6.08 Å². The molecule has 0 saturated carbocycles. The van der Waals surface area contributed by atoms with Crippen LogP contribution in [-0.4, -0.2) is 19.3 Å². The maximum atomic E-state index is 11.1. The Labute approximate surface area is 153 Å². The van der Waals surface area contributed by atoms with E-state index in [1.54, 1.807) is 6.08 Å². The molecule has 0 aromatic carbocycles. The van der Waals surface area contributed by atoms with Crippen LogP contribution in [0.2, 0.25) is 19.1 Å². The van der Waals surface area contributed by atoms with Crippen LogP contribution in [-0.2, 0) is 9.53 Å². The molecular formula is C19H37BrO2Si. The van der Waals surface area contributed by atoms with Crippen molar-refractivity contribution in [1.82, 2.24) is 0 Å². The van der Waals surface area contributed by atoms with Crippen molar-refractivity contribution in [3.05, 3.63) is 12.2 Å². The summed E-state index contributed by atoms with van der Waals surface area (Å²) in [6, 6.07) is 1.41. The lowest BCUT2D eigenvalue weighted by Gasteiger charge is -2.12. The second kappa shape index (κ2) is 15.4. The van der Waals surface area contributed by atoms with E-state index in [0.29, 0.717) is 6.61 Å². The Morgan fingerprint density at radius 2 is 1.30 bits per heavy atom. The molecular weight excluding hydrogens is 368 g/mol. The van der Waals surface area contributed by atoms with Crippen molar-refractivity contribution in [2.45, 2.75) is 96.7 Å². The van der Waals surface area contributed by atoms with Crippen LogP contribution in [0.25, 0.3) is 0 Å². The zero-order valence-corrected chi connectivity index (χ0v) is 18.1. The summed E-state index contributed by atoms with van der Waals surface area (Å²) >= 11 is 3.84. The molecule has 0 aromatic rings. The number of esters is 1. The van der Waals surface area contributed by atoms with E-state index in [9.17, 15) is 4.79 Å². The van der Waals surface area contributed by atoms with E-state index >= 15 is 0 Å². The second-order valence-corrected chi connectivity index (χ2v) is 17.4. The zero-order valence-electron chi connectivity index (χ0n) is 15.5. The van der Waals surface area contributed by atoms with Gasteiger partial charge in [0.15, 0.2) is 0 Å². The van der Waals surface area contributed by atoms with Gasteiger partial charge in [0.2, 0.25) is 0 Å². The number of allylic oxidation sites excluding steroid dienone is 1. The lowest BCUT2D eigenvalue weighted by Crippen LogP contribution is -2.13. The van der Waals surface area contributed by atoms with E-state index in [1.165, 1.54) is 76.3 Å². The molecule has 23 heavy (non-hydrogen) atoms. The maximum absolute atomic E-state index is 11.1. The molecule has 0 bridgehead atoms. The Kier molecular flexibility index (Phi) is 15.4. The molecule has 0 rings (SSSR count). The van der Waals surface area contributed by atoms with Gasteiger partial charge in [-0.15, -0.1) is 15.3 Å². The van der Waals surface area contributed by atoms with Crippen LogP contribution in [0.15, 0.2) is 12.2 Å². The molecule has 0 atom stereocenters. The molecule has 0 amide bonds. The van der Waals surface area contributed by atoms with Crippen LogP contribution in [0.3, 0.4) is 0 Å². The van der Waals surface area contributed by atoms with Crippen LogP contribution in [0.5, 0.6) is 0 Å². The molecule has 4 heteroatoms. The molecule has 0 aromatic heterocycles. The summed E-state index contributed by atoms with van der Waals surface area (Å²) < 4.78 is 5.07. The summed E-state index contributed by atoms with van der Waals surface area (Å²) in [5.74, 6) is -0.213. The molecule has 0 spiro atoms. The summed E-state index contributed by atoms with van der Waals surface area (Å²) in [4.78, 5) is 11.1. The molecule has 0 fully saturated rings. The highest BCUT2D eigenvalue weighted by molar-refractivity contribution is 9.26. The number of ether oxygens (including phenoxy) is 1. The number of hydrogen-bond donors (Lipinski definition) is 0. The number of rotatable bonds is 15. The van der Waals surface area contributed by atoms with E-state index in [2.05, 4.69) is 28.4 Å². The predicted octanol–water partition coefficient (Wildman–Crippen LogP) is 7.00. The van der Waals surface area contributed by atoms with Gasteiger partial charge in [0.1, 0.15) is 6.69 Å². The van der Waals surface area contributed by atoms with E-state index < -0.39 is 6.69 Å². The Bertz CT molecular complexity index is 311. The van der Waals surface area contributed by atoms with Crippen LogP contribution >= 0.6 is 15.3 Å². The zero-order chi connectivity index (χ0) is 17.4. The Balaban J connectivity index is 3.12. The average molecular weight is 405 g/mol. The van der Waals surface area contributed by atoms with Gasteiger partial charge in [-0.25, -0.2) is 4.79 Å². The van der Waals surface area contributed by atoms with Gasteiger partial charge in [-0.2, -0.15) is 0 Å². The van der Waals surface area contributed by atoms with E-state index in [-0.39, 0.29) is 5.97 Å². The monoisotopic (exact) mass is 404 g/mol. The van der Waals surface area contributed by atoms with Crippen molar-refractivity contribution in [3.8, 4) is 0 Å². The van der Waals surface area contributed by atoms with Gasteiger partial charge in [0.25, 0.3) is 0 Å². The average Bonchev–Trinajstić information content (AvgIpc) is 2.46. The first-order chi connectivity index (χ1) is 11.0. The van der Waals surface area contributed by atoms with Gasteiger partial charge in [0.05, 0.1) is 6.61 Å². The number of halogens is 1. The van der Waals surface area contributed by atoms with Gasteiger partial charge in [-0.05, 0) is 19.4 Å². The predicted molar refractivity (Wildman–Crippen MR) is 108 cm³/mol. The highest BCUT2D eigenvalue weighted by Crippen LogP contribution is 2.21. The van der Waals surface area contributed by atoms with Crippen LogP contribution in [0.1, 0.15) is 77.6 Å². The van der Waals surface area contributed by atoms with Crippen molar-refractivity contribution in [3.63, 3.8) is 0 Å². The van der Waals surface area contributed by atoms with Gasteiger partial charge >= 0.3 is 5.97 Å². The first-order valence-electron chi connectivity index (χ1n) is 9.44. The van der Waals surface area contributed by atoms with Crippen molar-refractivity contribution >= 4 is 28.0 Å². The van der Waals surface area contributed by atoms with E-state index in [0.717, 1.165) is 6.42 Å². The molecule has 136 valence electrons. The largest absolute Gasteiger partial charge is 0.463 e. The van der Waals surface area contributed by atoms with E-state index in [4.69, 9.17) is 4.74 Å². The lowest BCUT2D eigenvalue weighted by atomic mass is 10.1. The summed E-state index contributed by atoms with van der Waals surface area (Å²) in [5.41, 5.74) is 0. The third-order valence-corrected chi connectivity index (χ3v) is 6.69. The number of unbranched alkanes of at least 4 members (excludes halogenated alkanes) is 10. The second-order valence-electron chi connectivity index (χ2n) is 7.03. The SMILES string of the molecule is CC=CC(=O)OCCCCCCCCCCCCC[Si](C)(C)Br. The standard InChI is InChI=1S/C19H37BrO2Si/c1-4-16-19(21)22-17-14-12-10-8-6-5-7-9-11-13-15-18-23(2,3)20/h4,16H,5-15,17-18H2,1-3H3. The fourth-order valence-electron chi connectivity index (χ4n) is 2.60. The highest BCUT2D eigenvalue weighted by Gasteiger charge is 2.14. The maximum Gasteiger partial charge on any atom is 0.330 e. The first kappa shape index (κ1) is 22.9. The van der Waals surface area contributed by atoms with Gasteiger partial charge < -0.3 is 4.74 Å². The Hall–Kier alpha value is -0.0931. The quantitative estimate of drug-likeness (QED) is 0.0964. The lowest BCUT2D eigenvalue weighted by molar-refractivity contribution is -0.137. The van der Waals surface area contributed by atoms with Crippen LogP contribution in [0, 0.1) is 0 Å². The minimum atomic E-state index is -0.986. The molecule has 0 N–H and O–H groups in total. The molecule has 2 nitrogen and oxygen atoms in total. The van der Waals surface area contributed by atoms with Crippen LogP contribution in [0.4, 0.5) is 0 Å². The molecule has 0 aliphatic heterocycles. The third kappa shape index (κ3) is 19.9. The van der Waals surface area contributed by atoms with Crippen molar-refractivity contribution in [2.75, 3.05) is 6.61 Å². The van der Waals surface area contributed by atoms with Gasteiger partial charge in [-0.3, -0.25) is 0 Å². The molecule has 0 aliphatic carbocycles. The van der Waals surface area contributed by atoms with Crippen molar-refractivity contribution in [1.29, 1.82) is 0 Å². The summed E-state index contributed by atoms with van der Waals surface area (Å²) in [7, 11) is 0. The summed E-state index contributed by atoms with van der Waals surface area (Å²) in [5, 5.41) is 0. The molecule has 0 aliphatic rings.